The Bertz CT molecular complexity index is 1480. The van der Waals surface area contributed by atoms with Gasteiger partial charge < -0.3 is 14.2 Å². The minimum Gasteiger partial charge on any atom is -0.494 e. The number of urea groups is 1. The van der Waals surface area contributed by atoms with Crippen LogP contribution in [-0.4, -0.2) is 31.1 Å². The number of rotatable bonds is 10. The van der Waals surface area contributed by atoms with Gasteiger partial charge in [0.2, 0.25) is 0 Å². The predicted octanol–water partition coefficient (Wildman–Crippen LogP) is 7.19. The van der Waals surface area contributed by atoms with E-state index in [2.05, 4.69) is 21.2 Å². The maximum atomic E-state index is 13.3. The van der Waals surface area contributed by atoms with Crippen molar-refractivity contribution in [3.05, 3.63) is 85.8 Å². The van der Waals surface area contributed by atoms with Gasteiger partial charge in [-0.1, -0.05) is 36.2 Å². The van der Waals surface area contributed by atoms with Crippen LogP contribution in [0.2, 0.25) is 10.0 Å². The number of amides is 4. The average molecular weight is 648 g/mol. The van der Waals surface area contributed by atoms with Crippen molar-refractivity contribution < 1.29 is 28.6 Å². The second-order valence-corrected chi connectivity index (χ2v) is 10.3. The van der Waals surface area contributed by atoms with Crippen molar-refractivity contribution in [1.29, 1.82) is 0 Å². The molecular formula is C29H25BrCl2N2O6. The van der Waals surface area contributed by atoms with Crippen LogP contribution in [0.25, 0.3) is 6.08 Å². The highest BCUT2D eigenvalue weighted by Gasteiger charge is 2.37. The Hall–Kier alpha value is -3.53. The second-order valence-electron chi connectivity index (χ2n) is 8.60. The lowest BCUT2D eigenvalue weighted by molar-refractivity contribution is -0.122. The van der Waals surface area contributed by atoms with Crippen molar-refractivity contribution in [2.45, 2.75) is 26.9 Å². The molecule has 0 radical (unpaired) electrons. The van der Waals surface area contributed by atoms with E-state index in [1.807, 2.05) is 13.8 Å². The molecule has 4 rings (SSSR count). The fraction of sp³-hybridized carbons (Fsp3) is 0.207. The number of carbonyl (C=O) groups is 3. The van der Waals surface area contributed by atoms with Crippen LogP contribution in [0.4, 0.5) is 10.5 Å². The fourth-order valence-corrected chi connectivity index (χ4v) is 4.72. The number of benzene rings is 3. The number of halogens is 3. The lowest BCUT2D eigenvalue weighted by atomic mass is 10.1. The van der Waals surface area contributed by atoms with Gasteiger partial charge in [-0.25, -0.2) is 9.69 Å². The largest absolute Gasteiger partial charge is 0.494 e. The van der Waals surface area contributed by atoms with Crippen molar-refractivity contribution in [3.63, 3.8) is 0 Å². The number of ether oxygens (including phenoxy) is 3. The van der Waals surface area contributed by atoms with E-state index >= 15 is 0 Å². The van der Waals surface area contributed by atoms with Gasteiger partial charge >= 0.3 is 6.03 Å². The number of nitrogens with one attached hydrogen (secondary N) is 1. The molecule has 0 spiro atoms. The molecule has 1 fully saturated rings. The summed E-state index contributed by atoms with van der Waals surface area (Å²) in [4.78, 5) is 39.5. The number of hydrogen-bond acceptors (Lipinski definition) is 6. The van der Waals surface area contributed by atoms with E-state index < -0.39 is 17.8 Å². The first-order valence-corrected chi connectivity index (χ1v) is 13.9. The van der Waals surface area contributed by atoms with E-state index in [1.54, 1.807) is 54.6 Å². The molecule has 0 atom stereocenters. The maximum Gasteiger partial charge on any atom is 0.335 e. The Morgan fingerprint density at radius 1 is 0.925 bits per heavy atom. The molecule has 40 heavy (non-hydrogen) atoms. The van der Waals surface area contributed by atoms with Crippen LogP contribution < -0.4 is 24.4 Å². The van der Waals surface area contributed by atoms with Crippen molar-refractivity contribution in [1.82, 2.24) is 5.32 Å². The topological polar surface area (TPSA) is 94.2 Å². The Morgan fingerprint density at radius 3 is 2.35 bits per heavy atom. The zero-order valence-corrected chi connectivity index (χ0v) is 24.7. The SMILES string of the molecule is CCCOc1ccc(N2C(=O)NC(=O)/C(=C/c3cc(Br)c(OCc4ccc(Cl)c(Cl)c4)c(OCC)c3)C2=O)cc1. The van der Waals surface area contributed by atoms with Gasteiger partial charge in [-0.15, -0.1) is 0 Å². The number of nitrogens with zero attached hydrogens (tertiary/aromatic N) is 1. The number of barbiturate groups is 1. The van der Waals surface area contributed by atoms with Crippen LogP contribution in [0.15, 0.2) is 64.6 Å². The second kappa shape index (κ2) is 13.2. The third-order valence-corrected chi connectivity index (χ3v) is 7.01. The highest BCUT2D eigenvalue weighted by molar-refractivity contribution is 9.10. The number of imide groups is 2. The first-order chi connectivity index (χ1) is 19.2. The third-order valence-electron chi connectivity index (χ3n) is 5.68. The summed E-state index contributed by atoms with van der Waals surface area (Å²) in [6, 6.07) is 14.2. The molecule has 4 amide bonds. The highest BCUT2D eigenvalue weighted by atomic mass is 79.9. The summed E-state index contributed by atoms with van der Waals surface area (Å²) >= 11 is 15.6. The van der Waals surface area contributed by atoms with Gasteiger partial charge in [0, 0.05) is 0 Å². The molecule has 3 aromatic rings. The van der Waals surface area contributed by atoms with Gasteiger partial charge in [0.1, 0.15) is 17.9 Å². The summed E-state index contributed by atoms with van der Waals surface area (Å²) < 4.78 is 17.9. The molecule has 0 bridgehead atoms. The molecule has 0 aliphatic carbocycles. The summed E-state index contributed by atoms with van der Waals surface area (Å²) in [6.07, 6.45) is 2.24. The van der Waals surface area contributed by atoms with Crippen LogP contribution in [0, 0.1) is 0 Å². The minimum absolute atomic E-state index is 0.191. The maximum absolute atomic E-state index is 13.3. The van der Waals surface area contributed by atoms with E-state index in [1.165, 1.54) is 6.08 Å². The molecule has 11 heteroatoms. The normalized spacial score (nSPS) is 14.4. The van der Waals surface area contributed by atoms with Gasteiger partial charge in [-0.3, -0.25) is 14.9 Å². The van der Waals surface area contributed by atoms with Gasteiger partial charge in [-0.05, 0) is 95.0 Å². The first kappa shape index (κ1) is 29.5. The molecule has 0 unspecified atom stereocenters. The van der Waals surface area contributed by atoms with Crippen LogP contribution >= 0.6 is 39.1 Å². The molecule has 1 aliphatic heterocycles. The minimum atomic E-state index is -0.836. The third kappa shape index (κ3) is 6.78. The van der Waals surface area contributed by atoms with E-state index in [-0.39, 0.29) is 12.2 Å². The van der Waals surface area contributed by atoms with Crippen LogP contribution in [0.1, 0.15) is 31.4 Å². The van der Waals surface area contributed by atoms with Crippen LogP contribution in [-0.2, 0) is 16.2 Å². The molecular weight excluding hydrogens is 623 g/mol. The lowest BCUT2D eigenvalue weighted by Gasteiger charge is -2.26. The Balaban J connectivity index is 1.61. The van der Waals surface area contributed by atoms with Gasteiger partial charge in [0.25, 0.3) is 11.8 Å². The van der Waals surface area contributed by atoms with E-state index in [9.17, 15) is 14.4 Å². The lowest BCUT2D eigenvalue weighted by Crippen LogP contribution is -2.54. The molecule has 8 nitrogen and oxygen atoms in total. The summed E-state index contributed by atoms with van der Waals surface area (Å²) in [5, 5.41) is 3.09. The standard InChI is InChI=1S/C29H25BrCl2N2O6/c1-3-11-39-20-8-6-19(7-9-20)34-28(36)21(27(35)33-29(34)37)12-18-13-22(30)26(25(15-18)38-4-2)40-16-17-5-10-23(31)24(32)14-17/h5-10,12-15H,3-4,11,16H2,1-2H3,(H,33,35,37)/b21-12-. The van der Waals surface area contributed by atoms with Gasteiger partial charge in [0.05, 0.1) is 33.4 Å². The highest BCUT2D eigenvalue weighted by Crippen LogP contribution is 2.38. The average Bonchev–Trinajstić information content (AvgIpc) is 2.92. The first-order valence-electron chi connectivity index (χ1n) is 12.4. The Kier molecular flexibility index (Phi) is 9.73. The van der Waals surface area contributed by atoms with E-state index in [0.717, 1.165) is 16.9 Å². The number of anilines is 1. The summed E-state index contributed by atoms with van der Waals surface area (Å²) in [7, 11) is 0. The molecule has 1 N–H and O–H groups in total. The fourth-order valence-electron chi connectivity index (χ4n) is 3.83. The van der Waals surface area contributed by atoms with Crippen molar-refractivity contribution in [2.24, 2.45) is 0 Å². The molecule has 1 saturated heterocycles. The zero-order valence-electron chi connectivity index (χ0n) is 21.6. The number of hydrogen-bond donors (Lipinski definition) is 1. The van der Waals surface area contributed by atoms with E-state index in [4.69, 9.17) is 37.4 Å². The van der Waals surface area contributed by atoms with E-state index in [0.29, 0.717) is 56.2 Å². The summed E-state index contributed by atoms with van der Waals surface area (Å²) in [6.45, 7) is 4.89. The molecule has 3 aromatic carbocycles. The molecule has 1 heterocycles. The van der Waals surface area contributed by atoms with Gasteiger partial charge in [0.15, 0.2) is 11.5 Å². The number of carbonyl (C=O) groups excluding carboxylic acids is 3. The summed E-state index contributed by atoms with van der Waals surface area (Å²) in [5.74, 6) is -0.134. The van der Waals surface area contributed by atoms with Gasteiger partial charge in [-0.2, -0.15) is 0 Å². The predicted molar refractivity (Wildman–Crippen MR) is 157 cm³/mol. The molecule has 208 valence electrons. The quantitative estimate of drug-likeness (QED) is 0.185. The van der Waals surface area contributed by atoms with Crippen LogP contribution in [0.5, 0.6) is 17.2 Å². The monoisotopic (exact) mass is 646 g/mol. The molecule has 1 aliphatic rings. The molecule has 0 saturated carbocycles. The van der Waals surface area contributed by atoms with Crippen molar-refractivity contribution in [3.8, 4) is 17.2 Å². The van der Waals surface area contributed by atoms with Crippen molar-refractivity contribution in [2.75, 3.05) is 18.1 Å². The Labute approximate surface area is 249 Å². The summed E-state index contributed by atoms with van der Waals surface area (Å²) in [5.41, 5.74) is 1.36. The zero-order chi connectivity index (χ0) is 28.8. The van der Waals surface area contributed by atoms with Crippen molar-refractivity contribution >= 4 is 68.7 Å². The Morgan fingerprint density at radius 2 is 1.68 bits per heavy atom. The van der Waals surface area contributed by atoms with Crippen LogP contribution in [0.3, 0.4) is 0 Å². The smallest absolute Gasteiger partial charge is 0.335 e. The molecule has 0 aromatic heterocycles.